The van der Waals surface area contributed by atoms with E-state index in [9.17, 15) is 14.7 Å². The number of nitrogens with one attached hydrogen (secondary N) is 2. The number of carbonyl (C=O) groups is 2. The zero-order valence-electron chi connectivity index (χ0n) is 21.8. The molecule has 2 saturated carbocycles. The second-order valence-corrected chi connectivity index (χ2v) is 10.9. The Morgan fingerprint density at radius 2 is 1.43 bits per heavy atom. The molecule has 2 aliphatic carbocycles. The minimum Gasteiger partial charge on any atom is -0.444 e. The molecule has 2 aliphatic rings. The molecule has 0 aliphatic heterocycles. The van der Waals surface area contributed by atoms with Gasteiger partial charge >= 0.3 is 12.2 Å². The van der Waals surface area contributed by atoms with Crippen LogP contribution in [0.4, 0.5) is 9.59 Å². The molecule has 4 rings (SSSR count). The summed E-state index contributed by atoms with van der Waals surface area (Å²) in [5.74, 6) is 0.397. The van der Waals surface area contributed by atoms with Crippen LogP contribution in [0, 0.1) is 16.7 Å². The van der Waals surface area contributed by atoms with E-state index in [2.05, 4.69) is 36.4 Å². The quantitative estimate of drug-likeness (QED) is 0.354. The molecule has 0 spiro atoms. The number of amides is 2. The minimum absolute atomic E-state index is 0.0755. The highest BCUT2D eigenvalue weighted by atomic mass is 16.6. The third kappa shape index (κ3) is 5.80. The van der Waals surface area contributed by atoms with Gasteiger partial charge in [-0.25, -0.2) is 9.59 Å². The number of ether oxygens (including phenoxy) is 2. The van der Waals surface area contributed by atoms with Gasteiger partial charge in [0.1, 0.15) is 13.2 Å². The maximum Gasteiger partial charge on any atom is 0.414 e. The van der Waals surface area contributed by atoms with Crippen LogP contribution in [-0.4, -0.2) is 35.4 Å². The van der Waals surface area contributed by atoms with Crippen LogP contribution >= 0.6 is 0 Å². The van der Waals surface area contributed by atoms with Crippen molar-refractivity contribution in [2.75, 3.05) is 6.54 Å². The van der Waals surface area contributed by atoms with Crippen LogP contribution in [0.15, 0.2) is 65.7 Å². The smallest absolute Gasteiger partial charge is 0.414 e. The second kappa shape index (κ2) is 10.9. The van der Waals surface area contributed by atoms with Crippen molar-refractivity contribution in [3.8, 4) is 0 Å². The molecular weight excluding hydrogens is 470 g/mol. The summed E-state index contributed by atoms with van der Waals surface area (Å²) in [6.45, 7) is 6.79. The summed E-state index contributed by atoms with van der Waals surface area (Å²) in [6.07, 6.45) is 2.03. The number of alkyl carbamates (subject to hydrolysis) is 2. The summed E-state index contributed by atoms with van der Waals surface area (Å²) in [5.41, 5.74) is 0.376. The van der Waals surface area contributed by atoms with E-state index in [-0.39, 0.29) is 36.5 Å². The summed E-state index contributed by atoms with van der Waals surface area (Å²) in [5, 5.41) is 16.8. The number of benzene rings is 2. The van der Waals surface area contributed by atoms with Gasteiger partial charge in [0.25, 0.3) is 0 Å². The standard InChI is InChI=1S/C29H37N3O5/c1-27(2)23-14-15-28(3,18-23)29(27,35)16-17-30-24(31-25(33)36-19-21-10-6-4-7-11-21)32-26(34)37-20-22-12-8-5-9-13-22/h4-13,23,35H,14-20H2,1-3H3,(H2,30,31,32,33,34)/t23-,28+,29-/m0/s1. The van der Waals surface area contributed by atoms with Gasteiger partial charge in [0.05, 0.1) is 5.60 Å². The molecular formula is C29H37N3O5. The number of hydrogen-bond donors (Lipinski definition) is 3. The zero-order chi connectivity index (χ0) is 26.5. The Morgan fingerprint density at radius 1 is 0.919 bits per heavy atom. The molecule has 0 radical (unpaired) electrons. The first kappa shape index (κ1) is 26.7. The number of guanidine groups is 1. The van der Waals surface area contributed by atoms with Crippen molar-refractivity contribution in [2.24, 2.45) is 21.7 Å². The summed E-state index contributed by atoms with van der Waals surface area (Å²) < 4.78 is 10.6. The Balaban J connectivity index is 1.40. The van der Waals surface area contributed by atoms with Crippen LogP contribution in [-0.2, 0) is 22.7 Å². The first-order valence-electron chi connectivity index (χ1n) is 12.9. The summed E-state index contributed by atoms with van der Waals surface area (Å²) in [4.78, 5) is 29.4. The van der Waals surface area contributed by atoms with Crippen molar-refractivity contribution in [3.05, 3.63) is 71.8 Å². The lowest BCUT2D eigenvalue weighted by Crippen LogP contribution is -2.54. The van der Waals surface area contributed by atoms with Crippen LogP contribution in [0.5, 0.6) is 0 Å². The van der Waals surface area contributed by atoms with Crippen LogP contribution in [0.2, 0.25) is 0 Å². The lowest BCUT2D eigenvalue weighted by Gasteiger charge is -2.50. The van der Waals surface area contributed by atoms with Crippen molar-refractivity contribution < 1.29 is 24.2 Å². The molecule has 2 bridgehead atoms. The van der Waals surface area contributed by atoms with Crippen molar-refractivity contribution in [1.82, 2.24) is 10.6 Å². The third-order valence-electron chi connectivity index (χ3n) is 8.44. The molecule has 3 N–H and O–H groups in total. The largest absolute Gasteiger partial charge is 0.444 e. The number of aliphatic imine (C=N–C) groups is 1. The van der Waals surface area contributed by atoms with Gasteiger partial charge in [-0.3, -0.25) is 15.6 Å². The normalized spacial score (nSPS) is 25.2. The summed E-state index contributed by atoms with van der Waals surface area (Å²) in [7, 11) is 0. The predicted octanol–water partition coefficient (Wildman–Crippen LogP) is 5.16. The number of carbonyl (C=O) groups excluding carboxylic acids is 2. The molecule has 37 heavy (non-hydrogen) atoms. The molecule has 2 aromatic rings. The molecule has 2 fully saturated rings. The third-order valence-corrected chi connectivity index (χ3v) is 8.44. The molecule has 0 heterocycles. The van der Waals surface area contributed by atoms with Crippen molar-refractivity contribution >= 4 is 18.1 Å². The van der Waals surface area contributed by atoms with Crippen molar-refractivity contribution in [2.45, 2.75) is 65.3 Å². The van der Waals surface area contributed by atoms with E-state index >= 15 is 0 Å². The van der Waals surface area contributed by atoms with Gasteiger partial charge in [0.2, 0.25) is 5.96 Å². The highest BCUT2D eigenvalue weighted by Crippen LogP contribution is 2.68. The van der Waals surface area contributed by atoms with Gasteiger partial charge in [-0.1, -0.05) is 81.4 Å². The van der Waals surface area contributed by atoms with Crippen molar-refractivity contribution in [1.29, 1.82) is 0 Å². The highest BCUT2D eigenvalue weighted by Gasteiger charge is 2.67. The molecule has 0 saturated heterocycles. The maximum atomic E-state index is 12.5. The van der Waals surface area contributed by atoms with E-state index in [1.54, 1.807) is 0 Å². The van der Waals surface area contributed by atoms with E-state index in [4.69, 9.17) is 9.47 Å². The first-order valence-corrected chi connectivity index (χ1v) is 12.9. The Bertz CT molecular complexity index is 1050. The Hall–Kier alpha value is -3.39. The van der Waals surface area contributed by atoms with Gasteiger partial charge in [-0.05, 0) is 53.6 Å². The Kier molecular flexibility index (Phi) is 7.87. The average molecular weight is 508 g/mol. The predicted molar refractivity (Wildman–Crippen MR) is 141 cm³/mol. The fourth-order valence-electron chi connectivity index (χ4n) is 6.12. The average Bonchev–Trinajstić information content (AvgIpc) is 3.36. The number of fused-ring (bicyclic) bond motifs is 2. The van der Waals surface area contributed by atoms with Crippen LogP contribution in [0.25, 0.3) is 0 Å². The number of rotatable bonds is 7. The molecule has 8 heteroatoms. The molecule has 0 aromatic heterocycles. The van der Waals surface area contributed by atoms with Gasteiger partial charge in [0, 0.05) is 6.54 Å². The number of aliphatic hydroxyl groups is 1. The van der Waals surface area contributed by atoms with E-state index in [0.29, 0.717) is 12.3 Å². The van der Waals surface area contributed by atoms with E-state index in [0.717, 1.165) is 30.4 Å². The van der Waals surface area contributed by atoms with Crippen LogP contribution in [0.1, 0.15) is 57.6 Å². The fourth-order valence-corrected chi connectivity index (χ4v) is 6.12. The fraction of sp³-hybridized carbons (Fsp3) is 0.483. The summed E-state index contributed by atoms with van der Waals surface area (Å²) >= 11 is 0. The molecule has 2 aromatic carbocycles. The van der Waals surface area contributed by atoms with Gasteiger partial charge in [-0.15, -0.1) is 0 Å². The van der Waals surface area contributed by atoms with E-state index in [1.807, 2.05) is 60.7 Å². The Morgan fingerprint density at radius 3 is 1.89 bits per heavy atom. The molecule has 198 valence electrons. The lowest BCUT2D eigenvalue weighted by atomic mass is 9.59. The zero-order valence-corrected chi connectivity index (χ0v) is 21.8. The maximum absolute atomic E-state index is 12.5. The monoisotopic (exact) mass is 507 g/mol. The first-order chi connectivity index (χ1) is 17.6. The number of hydrogen-bond acceptors (Lipinski definition) is 6. The van der Waals surface area contributed by atoms with Crippen molar-refractivity contribution in [3.63, 3.8) is 0 Å². The SMILES string of the molecule is CC1(C)[C@H]2CC[C@](C)(C2)[C@]1(O)CCN=C(NC(=O)OCc1ccccc1)NC(=O)OCc1ccccc1. The second-order valence-electron chi connectivity index (χ2n) is 10.9. The number of nitrogens with zero attached hydrogens (tertiary/aromatic N) is 1. The van der Waals surface area contributed by atoms with Gasteiger partial charge in [0.15, 0.2) is 0 Å². The topological polar surface area (TPSA) is 109 Å². The molecule has 0 unspecified atom stereocenters. The Labute approximate surface area is 218 Å². The minimum atomic E-state index is -0.890. The molecule has 8 nitrogen and oxygen atoms in total. The van der Waals surface area contributed by atoms with Crippen LogP contribution in [0.3, 0.4) is 0 Å². The lowest BCUT2D eigenvalue weighted by molar-refractivity contribution is -0.145. The van der Waals surface area contributed by atoms with Gasteiger partial charge < -0.3 is 14.6 Å². The van der Waals surface area contributed by atoms with Gasteiger partial charge in [-0.2, -0.15) is 0 Å². The molecule has 2 amide bonds. The summed E-state index contributed by atoms with van der Waals surface area (Å²) in [6, 6.07) is 18.6. The highest BCUT2D eigenvalue weighted by molar-refractivity contribution is 6.01. The van der Waals surface area contributed by atoms with E-state index < -0.39 is 17.8 Å². The van der Waals surface area contributed by atoms with Crippen LogP contribution < -0.4 is 10.6 Å². The van der Waals surface area contributed by atoms with E-state index in [1.165, 1.54) is 0 Å². The molecule has 3 atom stereocenters.